The largest absolute Gasteiger partial charge is 0.360 e. The lowest BCUT2D eigenvalue weighted by Crippen LogP contribution is -2.62. The second kappa shape index (κ2) is 7.65. The summed E-state index contributed by atoms with van der Waals surface area (Å²) in [5.41, 5.74) is 0.449. The predicted octanol–water partition coefficient (Wildman–Crippen LogP) is 2.36. The second-order valence-electron chi connectivity index (χ2n) is 11.6. The van der Waals surface area contributed by atoms with E-state index >= 15 is 0 Å². The number of nitrogens with one attached hydrogen (secondary N) is 3. The van der Waals surface area contributed by atoms with Gasteiger partial charge in [0.2, 0.25) is 17.7 Å². The van der Waals surface area contributed by atoms with Crippen molar-refractivity contribution in [2.24, 2.45) is 11.8 Å². The van der Waals surface area contributed by atoms with Crippen LogP contribution < -0.4 is 20.9 Å². The molecule has 0 aromatic heterocycles. The Morgan fingerprint density at radius 1 is 1.09 bits per heavy atom. The van der Waals surface area contributed by atoms with E-state index < -0.39 is 17.4 Å². The van der Waals surface area contributed by atoms with Gasteiger partial charge in [-0.2, -0.15) is 0 Å². The van der Waals surface area contributed by atoms with Crippen LogP contribution in [-0.4, -0.2) is 53.1 Å². The molecule has 1 aromatic rings. The van der Waals surface area contributed by atoms with E-state index in [-0.39, 0.29) is 40.9 Å². The van der Waals surface area contributed by atoms with Crippen molar-refractivity contribution in [3.05, 3.63) is 36.4 Å². The summed E-state index contributed by atoms with van der Waals surface area (Å²) in [5, 5.41) is 9.64. The lowest BCUT2D eigenvalue weighted by Gasteiger charge is -2.47. The Balaban J connectivity index is 1.34. The molecule has 34 heavy (non-hydrogen) atoms. The van der Waals surface area contributed by atoms with Crippen molar-refractivity contribution in [3.8, 4) is 0 Å². The lowest BCUT2D eigenvalue weighted by atomic mass is 9.75. The van der Waals surface area contributed by atoms with Crippen LogP contribution >= 0.6 is 0 Å². The Kier molecular flexibility index (Phi) is 5.19. The van der Waals surface area contributed by atoms with Crippen LogP contribution in [-0.2, 0) is 19.1 Å². The standard InChI is InChI=1S/C26H34N4O4/c1-15(31)27-16-6-8-18(9-7-16)30-14-26-11-10-19(34-26)20(21(26)23(30)33)22(32)28-17-12-24(2,3)29-25(4,5)13-17/h6-11,17,19-21,29H,12-14H2,1-5H3,(H,27,31)(H,28,32)/t19-,20-,21-,26-/m1/s1. The van der Waals surface area contributed by atoms with E-state index in [2.05, 4.69) is 43.6 Å². The molecule has 3 saturated heterocycles. The summed E-state index contributed by atoms with van der Waals surface area (Å²) < 4.78 is 6.28. The van der Waals surface area contributed by atoms with E-state index in [4.69, 9.17) is 4.74 Å². The molecule has 4 atom stereocenters. The minimum atomic E-state index is -0.771. The number of benzene rings is 1. The molecule has 3 amide bonds. The molecule has 4 heterocycles. The average molecular weight is 467 g/mol. The molecule has 182 valence electrons. The van der Waals surface area contributed by atoms with Crippen LogP contribution in [0.4, 0.5) is 11.4 Å². The summed E-state index contributed by atoms with van der Waals surface area (Å²) >= 11 is 0. The van der Waals surface area contributed by atoms with Gasteiger partial charge in [0.1, 0.15) is 5.60 Å². The van der Waals surface area contributed by atoms with Crippen molar-refractivity contribution in [1.29, 1.82) is 0 Å². The number of hydrogen-bond donors (Lipinski definition) is 3. The molecule has 0 unspecified atom stereocenters. The SMILES string of the molecule is CC(=O)Nc1ccc(N2C[C@@]34C=C[C@@H](O3)[C@@H](C(=O)NC3CC(C)(C)NC(C)(C)C3)[C@@H]4C2=O)cc1. The number of carbonyl (C=O) groups is 3. The highest BCUT2D eigenvalue weighted by atomic mass is 16.5. The Labute approximate surface area is 200 Å². The molecule has 3 fully saturated rings. The van der Waals surface area contributed by atoms with Crippen molar-refractivity contribution in [1.82, 2.24) is 10.6 Å². The number of amides is 3. The van der Waals surface area contributed by atoms with Crippen molar-refractivity contribution in [2.75, 3.05) is 16.8 Å². The first kappa shape index (κ1) is 23.1. The molecule has 1 aromatic carbocycles. The fourth-order valence-corrected chi connectivity index (χ4v) is 6.67. The Morgan fingerprint density at radius 2 is 1.74 bits per heavy atom. The number of rotatable bonds is 4. The van der Waals surface area contributed by atoms with E-state index in [0.717, 1.165) is 18.5 Å². The zero-order chi connectivity index (χ0) is 24.5. The molecule has 2 bridgehead atoms. The second-order valence-corrected chi connectivity index (χ2v) is 11.6. The summed E-state index contributed by atoms with van der Waals surface area (Å²) in [4.78, 5) is 40.1. The molecular formula is C26H34N4O4. The van der Waals surface area contributed by atoms with Gasteiger partial charge in [-0.15, -0.1) is 0 Å². The molecule has 0 radical (unpaired) electrons. The number of piperidine rings is 1. The molecule has 8 nitrogen and oxygen atoms in total. The highest BCUT2D eigenvalue weighted by Gasteiger charge is 2.67. The molecule has 4 aliphatic rings. The van der Waals surface area contributed by atoms with Gasteiger partial charge in [0, 0.05) is 35.4 Å². The van der Waals surface area contributed by atoms with Gasteiger partial charge in [-0.25, -0.2) is 0 Å². The quantitative estimate of drug-likeness (QED) is 0.592. The average Bonchev–Trinajstić information content (AvgIpc) is 3.34. The van der Waals surface area contributed by atoms with Crippen molar-refractivity contribution in [3.63, 3.8) is 0 Å². The fourth-order valence-electron chi connectivity index (χ4n) is 6.67. The summed E-state index contributed by atoms with van der Waals surface area (Å²) in [6, 6.07) is 7.20. The van der Waals surface area contributed by atoms with Crippen LogP contribution in [0.15, 0.2) is 36.4 Å². The minimum absolute atomic E-state index is 0.0340. The summed E-state index contributed by atoms with van der Waals surface area (Å²) in [5.74, 6) is -1.42. The van der Waals surface area contributed by atoms with Crippen LogP contribution in [0.5, 0.6) is 0 Å². The molecule has 5 rings (SSSR count). The third-order valence-corrected chi connectivity index (χ3v) is 7.44. The van der Waals surface area contributed by atoms with Crippen LogP contribution in [0.25, 0.3) is 0 Å². The molecule has 0 saturated carbocycles. The van der Waals surface area contributed by atoms with Gasteiger partial charge < -0.3 is 25.6 Å². The van der Waals surface area contributed by atoms with Gasteiger partial charge in [-0.3, -0.25) is 14.4 Å². The van der Waals surface area contributed by atoms with Crippen LogP contribution in [0.2, 0.25) is 0 Å². The van der Waals surface area contributed by atoms with Gasteiger partial charge in [-0.05, 0) is 64.8 Å². The number of nitrogens with zero attached hydrogens (tertiary/aromatic N) is 1. The summed E-state index contributed by atoms with van der Waals surface area (Å²) in [7, 11) is 0. The van der Waals surface area contributed by atoms with Gasteiger partial charge in [0.25, 0.3) is 0 Å². The van der Waals surface area contributed by atoms with E-state index in [1.165, 1.54) is 6.92 Å². The fraction of sp³-hybridized carbons (Fsp3) is 0.577. The molecule has 8 heteroatoms. The molecule has 0 aliphatic carbocycles. The highest BCUT2D eigenvalue weighted by molar-refractivity contribution is 6.03. The van der Waals surface area contributed by atoms with Crippen molar-refractivity contribution in [2.45, 2.75) is 76.3 Å². The number of carbonyl (C=O) groups excluding carboxylic acids is 3. The Morgan fingerprint density at radius 3 is 2.35 bits per heavy atom. The monoisotopic (exact) mass is 466 g/mol. The number of ether oxygens (including phenoxy) is 1. The number of hydrogen-bond acceptors (Lipinski definition) is 5. The summed E-state index contributed by atoms with van der Waals surface area (Å²) in [6.45, 7) is 10.4. The van der Waals surface area contributed by atoms with E-state index in [0.29, 0.717) is 12.2 Å². The zero-order valence-corrected chi connectivity index (χ0v) is 20.5. The van der Waals surface area contributed by atoms with Crippen LogP contribution in [0.1, 0.15) is 47.5 Å². The molecule has 4 aliphatic heterocycles. The maximum absolute atomic E-state index is 13.6. The first-order valence-corrected chi connectivity index (χ1v) is 12.0. The highest BCUT2D eigenvalue weighted by Crippen LogP contribution is 2.52. The van der Waals surface area contributed by atoms with Crippen LogP contribution in [0.3, 0.4) is 0 Å². The minimum Gasteiger partial charge on any atom is -0.360 e. The van der Waals surface area contributed by atoms with E-state index in [1.54, 1.807) is 17.0 Å². The smallest absolute Gasteiger partial charge is 0.234 e. The number of anilines is 2. The maximum Gasteiger partial charge on any atom is 0.234 e. The molecular weight excluding hydrogens is 432 g/mol. The topological polar surface area (TPSA) is 99.8 Å². The first-order chi connectivity index (χ1) is 15.9. The van der Waals surface area contributed by atoms with E-state index in [1.807, 2.05) is 24.3 Å². The van der Waals surface area contributed by atoms with Crippen LogP contribution in [0, 0.1) is 11.8 Å². The lowest BCUT2D eigenvalue weighted by molar-refractivity contribution is -0.132. The number of fused-ring (bicyclic) bond motifs is 1. The normalized spacial score (nSPS) is 33.1. The Hall–Kier alpha value is -2.71. The van der Waals surface area contributed by atoms with Gasteiger partial charge in [-0.1, -0.05) is 12.2 Å². The maximum atomic E-state index is 13.6. The predicted molar refractivity (Wildman–Crippen MR) is 129 cm³/mol. The first-order valence-electron chi connectivity index (χ1n) is 12.0. The summed E-state index contributed by atoms with van der Waals surface area (Å²) in [6.07, 6.45) is 5.18. The van der Waals surface area contributed by atoms with Gasteiger partial charge in [0.15, 0.2) is 0 Å². The zero-order valence-electron chi connectivity index (χ0n) is 20.5. The molecule has 3 N–H and O–H groups in total. The van der Waals surface area contributed by atoms with Gasteiger partial charge in [0.05, 0.1) is 24.5 Å². The van der Waals surface area contributed by atoms with Crippen molar-refractivity contribution < 1.29 is 19.1 Å². The third-order valence-electron chi connectivity index (χ3n) is 7.44. The Bertz CT molecular complexity index is 1050. The van der Waals surface area contributed by atoms with Crippen molar-refractivity contribution >= 4 is 29.1 Å². The molecule has 1 spiro atoms. The third kappa shape index (κ3) is 3.92. The van der Waals surface area contributed by atoms with Gasteiger partial charge >= 0.3 is 0 Å². The van der Waals surface area contributed by atoms with E-state index in [9.17, 15) is 14.4 Å².